The predicted molar refractivity (Wildman–Crippen MR) is 190 cm³/mol. The molecule has 0 spiro atoms. The van der Waals surface area contributed by atoms with Crippen LogP contribution in [0.25, 0.3) is 0 Å². The van der Waals surface area contributed by atoms with E-state index in [1.165, 1.54) is 30.2 Å². The van der Waals surface area contributed by atoms with Gasteiger partial charge in [0.1, 0.15) is 18.3 Å². The Kier molecular flexibility index (Phi) is 12.9. The molecule has 0 radical (unpaired) electrons. The average molecular weight is 741 g/mol. The Bertz CT molecular complexity index is 1770. The van der Waals surface area contributed by atoms with Crippen molar-refractivity contribution in [1.82, 2.24) is 10.2 Å². The van der Waals surface area contributed by atoms with Crippen molar-refractivity contribution in [3.63, 3.8) is 0 Å². The maximum absolute atomic E-state index is 14.6. The van der Waals surface area contributed by atoms with E-state index in [1.807, 2.05) is 68.4 Å². The number of halogens is 2. The Morgan fingerprint density at radius 1 is 0.936 bits per heavy atom. The van der Waals surface area contributed by atoms with Gasteiger partial charge in [-0.05, 0) is 66.9 Å². The van der Waals surface area contributed by atoms with Crippen LogP contribution in [0.1, 0.15) is 36.5 Å². The van der Waals surface area contributed by atoms with E-state index in [9.17, 15) is 18.0 Å². The van der Waals surface area contributed by atoms with Crippen molar-refractivity contribution >= 4 is 55.1 Å². The van der Waals surface area contributed by atoms with Gasteiger partial charge in [0.05, 0.1) is 22.7 Å². The highest BCUT2D eigenvalue weighted by Crippen LogP contribution is 2.32. The summed E-state index contributed by atoms with van der Waals surface area (Å²) in [6, 6.07) is 27.0. The minimum absolute atomic E-state index is 0.0134. The summed E-state index contributed by atoms with van der Waals surface area (Å²) < 4.78 is 35.6. The van der Waals surface area contributed by atoms with Gasteiger partial charge in [-0.1, -0.05) is 101 Å². The van der Waals surface area contributed by atoms with Crippen molar-refractivity contribution in [2.45, 2.75) is 50.6 Å². The summed E-state index contributed by atoms with van der Waals surface area (Å²) in [5, 5.41) is 3.18. The molecular weight excluding hydrogens is 702 g/mol. The van der Waals surface area contributed by atoms with Gasteiger partial charge in [0, 0.05) is 24.0 Å². The summed E-state index contributed by atoms with van der Waals surface area (Å²) in [6.45, 7) is 3.83. The molecule has 4 aromatic rings. The molecule has 2 amide bonds. The van der Waals surface area contributed by atoms with Gasteiger partial charge in [-0.15, -0.1) is 0 Å². The number of hydrogen-bond donors (Lipinski definition) is 1. The minimum atomic E-state index is -4.26. The monoisotopic (exact) mass is 739 g/mol. The van der Waals surface area contributed by atoms with Crippen LogP contribution in [0.3, 0.4) is 0 Å². The first-order chi connectivity index (χ1) is 22.5. The molecule has 0 aliphatic rings. The van der Waals surface area contributed by atoms with Crippen molar-refractivity contribution in [3.8, 4) is 5.75 Å². The summed E-state index contributed by atoms with van der Waals surface area (Å²) in [7, 11) is -2.80. The van der Waals surface area contributed by atoms with Crippen LogP contribution in [0.2, 0.25) is 5.02 Å². The minimum Gasteiger partial charge on any atom is -0.495 e. The summed E-state index contributed by atoms with van der Waals surface area (Å²) in [5.41, 5.74) is 2.70. The number of rotatable bonds is 15. The van der Waals surface area contributed by atoms with Crippen LogP contribution >= 0.6 is 27.5 Å². The first kappa shape index (κ1) is 36.0. The zero-order valence-electron chi connectivity index (χ0n) is 26.7. The molecule has 47 heavy (non-hydrogen) atoms. The zero-order valence-corrected chi connectivity index (χ0v) is 29.8. The fourth-order valence-corrected chi connectivity index (χ4v) is 7.17. The van der Waals surface area contributed by atoms with E-state index in [4.69, 9.17) is 16.3 Å². The molecule has 4 aromatic carbocycles. The smallest absolute Gasteiger partial charge is 0.264 e. The quantitative estimate of drug-likeness (QED) is 0.131. The molecule has 0 unspecified atom stereocenters. The molecule has 0 bridgehead atoms. The topological polar surface area (TPSA) is 96.0 Å². The first-order valence-corrected chi connectivity index (χ1v) is 17.9. The molecule has 248 valence electrons. The Labute approximate surface area is 290 Å². The van der Waals surface area contributed by atoms with Crippen LogP contribution in [0, 0.1) is 6.92 Å². The molecule has 0 aliphatic heterocycles. The van der Waals surface area contributed by atoms with Crippen LogP contribution < -0.4 is 14.4 Å². The normalized spacial score (nSPS) is 11.9. The molecule has 11 heteroatoms. The lowest BCUT2D eigenvalue weighted by atomic mass is 10.0. The van der Waals surface area contributed by atoms with Crippen molar-refractivity contribution in [2.75, 3.05) is 24.5 Å². The lowest BCUT2D eigenvalue weighted by Gasteiger charge is -2.34. The highest BCUT2D eigenvalue weighted by Gasteiger charge is 2.35. The summed E-state index contributed by atoms with van der Waals surface area (Å²) in [6.07, 6.45) is 1.91. The number of hydrogen-bond acceptors (Lipinski definition) is 5. The third-order valence-corrected chi connectivity index (χ3v) is 10.2. The Hall–Kier alpha value is -3.86. The van der Waals surface area contributed by atoms with E-state index in [0.29, 0.717) is 12.3 Å². The first-order valence-electron chi connectivity index (χ1n) is 15.3. The number of unbranched alkanes of at least 4 members (excludes halogenated alkanes) is 1. The van der Waals surface area contributed by atoms with Crippen molar-refractivity contribution in [3.05, 3.63) is 123 Å². The van der Waals surface area contributed by atoms with Crippen molar-refractivity contribution < 1.29 is 22.7 Å². The molecule has 1 N–H and O–H groups in total. The Balaban J connectivity index is 1.81. The SMILES string of the molecule is CCCCNC(=O)[C@H](Cc1ccccc1)N(Cc1cccc(Br)c1)C(=O)CN(c1ccc(OC)c(Cl)c1)S(=O)(=O)c1ccc(C)cc1. The van der Waals surface area contributed by atoms with E-state index in [-0.39, 0.29) is 34.5 Å². The third kappa shape index (κ3) is 9.59. The van der Waals surface area contributed by atoms with Gasteiger partial charge < -0.3 is 15.0 Å². The summed E-state index contributed by atoms with van der Waals surface area (Å²) in [5.74, 6) is -0.511. The van der Waals surface area contributed by atoms with E-state index in [1.54, 1.807) is 24.3 Å². The van der Waals surface area contributed by atoms with E-state index in [2.05, 4.69) is 21.2 Å². The Morgan fingerprint density at radius 3 is 2.28 bits per heavy atom. The number of amides is 2. The third-order valence-electron chi connectivity index (χ3n) is 7.65. The fraction of sp³-hybridized carbons (Fsp3) is 0.278. The highest BCUT2D eigenvalue weighted by molar-refractivity contribution is 9.10. The maximum atomic E-state index is 14.6. The van der Waals surface area contributed by atoms with Crippen LogP contribution in [0.4, 0.5) is 5.69 Å². The van der Waals surface area contributed by atoms with Crippen LogP contribution in [-0.2, 0) is 32.6 Å². The number of carbonyl (C=O) groups is 2. The molecule has 0 aliphatic carbocycles. The molecular formula is C36H39BrClN3O5S. The van der Waals surface area contributed by atoms with Gasteiger partial charge in [-0.2, -0.15) is 0 Å². The molecule has 4 rings (SSSR count). The second-order valence-electron chi connectivity index (χ2n) is 11.1. The van der Waals surface area contributed by atoms with Crippen LogP contribution in [0.5, 0.6) is 5.75 Å². The number of anilines is 1. The molecule has 0 aromatic heterocycles. The van der Waals surface area contributed by atoms with E-state index < -0.39 is 28.5 Å². The molecule has 1 atom stereocenters. The van der Waals surface area contributed by atoms with Gasteiger partial charge in [0.2, 0.25) is 11.8 Å². The number of aryl methyl sites for hydroxylation is 1. The standard InChI is InChI=1S/C36H39BrClN3O5S/c1-4-5-20-39-36(43)33(22-27-10-7-6-8-11-27)40(24-28-12-9-13-29(37)21-28)35(42)25-41(30-16-19-34(46-3)32(38)23-30)47(44,45)31-17-14-26(2)15-18-31/h6-19,21,23,33H,4-5,20,22,24-25H2,1-3H3,(H,39,43)/t33-/m0/s1. The van der Waals surface area contributed by atoms with Crippen molar-refractivity contribution in [2.24, 2.45) is 0 Å². The van der Waals surface area contributed by atoms with Gasteiger partial charge in [0.25, 0.3) is 10.0 Å². The van der Waals surface area contributed by atoms with Crippen LogP contribution in [-0.4, -0.2) is 51.4 Å². The number of nitrogens with one attached hydrogen (secondary N) is 1. The lowest BCUT2D eigenvalue weighted by molar-refractivity contribution is -0.140. The number of sulfonamides is 1. The molecule has 0 heterocycles. The van der Waals surface area contributed by atoms with E-state index >= 15 is 0 Å². The number of ether oxygens (including phenoxy) is 1. The lowest BCUT2D eigenvalue weighted by Crippen LogP contribution is -2.53. The summed E-state index contributed by atoms with van der Waals surface area (Å²) in [4.78, 5) is 29.9. The van der Waals surface area contributed by atoms with Crippen molar-refractivity contribution in [1.29, 1.82) is 0 Å². The van der Waals surface area contributed by atoms with Gasteiger partial charge >= 0.3 is 0 Å². The predicted octanol–water partition coefficient (Wildman–Crippen LogP) is 7.17. The largest absolute Gasteiger partial charge is 0.495 e. The van der Waals surface area contributed by atoms with E-state index in [0.717, 1.165) is 38.3 Å². The fourth-order valence-electron chi connectivity index (χ4n) is 5.07. The number of benzene rings is 4. The van der Waals surface area contributed by atoms with Gasteiger partial charge in [-0.3, -0.25) is 13.9 Å². The molecule has 0 fully saturated rings. The highest BCUT2D eigenvalue weighted by atomic mass is 79.9. The van der Waals surface area contributed by atoms with Crippen LogP contribution in [0.15, 0.2) is 106 Å². The molecule has 0 saturated carbocycles. The number of carbonyl (C=O) groups excluding carboxylic acids is 2. The number of methoxy groups -OCH3 is 1. The second kappa shape index (κ2) is 16.8. The molecule has 8 nitrogen and oxygen atoms in total. The summed E-state index contributed by atoms with van der Waals surface area (Å²) >= 11 is 9.96. The second-order valence-corrected chi connectivity index (χ2v) is 14.3. The number of nitrogens with zero attached hydrogens (tertiary/aromatic N) is 2. The average Bonchev–Trinajstić information content (AvgIpc) is 3.05. The van der Waals surface area contributed by atoms with Gasteiger partial charge in [-0.25, -0.2) is 8.42 Å². The maximum Gasteiger partial charge on any atom is 0.264 e. The zero-order chi connectivity index (χ0) is 34.0. The molecule has 0 saturated heterocycles. The Morgan fingerprint density at radius 2 is 1.64 bits per heavy atom. The van der Waals surface area contributed by atoms with Gasteiger partial charge in [0.15, 0.2) is 0 Å².